The first kappa shape index (κ1) is 18.4. The van der Waals surface area contributed by atoms with Crippen LogP contribution in [0.25, 0.3) is 22.1 Å². The molecule has 3 N–H and O–H groups in total. The molecule has 0 saturated carbocycles. The van der Waals surface area contributed by atoms with Crippen molar-refractivity contribution in [3.63, 3.8) is 0 Å². The number of nitrogens with zero attached hydrogens (tertiary/aromatic N) is 1. The van der Waals surface area contributed by atoms with Crippen molar-refractivity contribution in [2.75, 3.05) is 25.3 Å². The number of fused-ring (bicyclic) bond motifs is 1. The second kappa shape index (κ2) is 7.55. The van der Waals surface area contributed by atoms with Crippen molar-refractivity contribution in [1.29, 1.82) is 0 Å². The molecule has 0 bridgehead atoms. The zero-order valence-electron chi connectivity index (χ0n) is 15.9. The lowest BCUT2D eigenvalue weighted by Crippen LogP contribution is -2.12. The molecule has 146 valence electrons. The fraction of sp³-hybridized carbons (Fsp3) is 0.0909. The summed E-state index contributed by atoms with van der Waals surface area (Å²) in [4.78, 5) is 16.8. The van der Waals surface area contributed by atoms with Gasteiger partial charge < -0.3 is 24.9 Å². The third-order valence-corrected chi connectivity index (χ3v) is 4.56. The lowest BCUT2D eigenvalue weighted by Gasteiger charge is -2.09. The highest BCUT2D eigenvalue weighted by Gasteiger charge is 2.16. The van der Waals surface area contributed by atoms with Crippen LogP contribution in [0.15, 0.2) is 65.3 Å². The standard InChI is InChI=1S/C22H19N3O4/c1-27-19-10-15-11-21(29-18(15)12-20(19)28-2)22(26)25-17-9-14(3-4-16(17)23)13-5-7-24-8-6-13/h3-12H,23H2,1-2H3,(H,25,26). The molecule has 0 atom stereocenters. The number of anilines is 2. The predicted octanol–water partition coefficient (Wildman–Crippen LogP) is 4.35. The van der Waals surface area contributed by atoms with Gasteiger partial charge >= 0.3 is 0 Å². The third-order valence-electron chi connectivity index (χ3n) is 4.56. The molecule has 0 aliphatic rings. The number of hydrogen-bond acceptors (Lipinski definition) is 6. The van der Waals surface area contributed by atoms with Gasteiger partial charge in [-0.2, -0.15) is 0 Å². The highest BCUT2D eigenvalue weighted by atomic mass is 16.5. The molecule has 7 nitrogen and oxygen atoms in total. The molecule has 2 heterocycles. The number of nitrogen functional groups attached to an aromatic ring is 1. The van der Waals surface area contributed by atoms with Gasteiger partial charge in [-0.05, 0) is 47.5 Å². The van der Waals surface area contributed by atoms with Crippen molar-refractivity contribution in [3.8, 4) is 22.6 Å². The molecule has 0 saturated heterocycles. The summed E-state index contributed by atoms with van der Waals surface area (Å²) in [5.74, 6) is 0.833. The lowest BCUT2D eigenvalue weighted by molar-refractivity contribution is 0.0998. The summed E-state index contributed by atoms with van der Waals surface area (Å²) in [6.45, 7) is 0. The van der Waals surface area contributed by atoms with Gasteiger partial charge in [-0.15, -0.1) is 0 Å². The quantitative estimate of drug-likeness (QED) is 0.492. The maximum Gasteiger partial charge on any atom is 0.291 e. The van der Waals surface area contributed by atoms with Crippen LogP contribution in [-0.4, -0.2) is 25.1 Å². The topological polar surface area (TPSA) is 99.6 Å². The van der Waals surface area contributed by atoms with Gasteiger partial charge in [-0.1, -0.05) is 6.07 Å². The monoisotopic (exact) mass is 389 g/mol. The number of carbonyl (C=O) groups excluding carboxylic acids is 1. The second-order valence-electron chi connectivity index (χ2n) is 6.35. The van der Waals surface area contributed by atoms with E-state index in [1.165, 1.54) is 0 Å². The summed E-state index contributed by atoms with van der Waals surface area (Å²) in [5, 5.41) is 3.55. The minimum atomic E-state index is -0.405. The Kier molecular flexibility index (Phi) is 4.78. The second-order valence-corrected chi connectivity index (χ2v) is 6.35. The first-order valence-electron chi connectivity index (χ1n) is 8.86. The molecular weight excluding hydrogens is 370 g/mol. The van der Waals surface area contributed by atoms with Crippen LogP contribution in [0.5, 0.6) is 11.5 Å². The van der Waals surface area contributed by atoms with Crippen LogP contribution in [0.3, 0.4) is 0 Å². The van der Waals surface area contributed by atoms with Crippen molar-refractivity contribution in [2.24, 2.45) is 0 Å². The van der Waals surface area contributed by atoms with Crippen molar-refractivity contribution in [1.82, 2.24) is 4.98 Å². The van der Waals surface area contributed by atoms with Gasteiger partial charge in [0.1, 0.15) is 5.58 Å². The molecule has 2 aromatic carbocycles. The number of methoxy groups -OCH3 is 2. The number of rotatable bonds is 5. The molecule has 7 heteroatoms. The summed E-state index contributed by atoms with van der Waals surface area (Å²) in [6.07, 6.45) is 3.42. The molecule has 0 aliphatic heterocycles. The van der Waals surface area contributed by atoms with Gasteiger partial charge in [-0.25, -0.2) is 0 Å². The zero-order valence-corrected chi connectivity index (χ0v) is 15.9. The molecule has 0 radical (unpaired) electrons. The maximum absolute atomic E-state index is 12.8. The van der Waals surface area contributed by atoms with E-state index in [-0.39, 0.29) is 5.76 Å². The average Bonchev–Trinajstić information content (AvgIpc) is 3.18. The van der Waals surface area contributed by atoms with E-state index in [4.69, 9.17) is 19.6 Å². The lowest BCUT2D eigenvalue weighted by atomic mass is 10.1. The number of nitrogens with one attached hydrogen (secondary N) is 1. The SMILES string of the molecule is COc1cc2cc(C(=O)Nc3cc(-c4ccncc4)ccc3N)oc2cc1OC. The molecule has 0 unspecified atom stereocenters. The number of nitrogens with two attached hydrogens (primary N) is 1. The number of hydrogen-bond donors (Lipinski definition) is 2. The van der Waals surface area contributed by atoms with Gasteiger partial charge in [0.25, 0.3) is 5.91 Å². The minimum Gasteiger partial charge on any atom is -0.493 e. The molecule has 2 aromatic heterocycles. The number of furan rings is 1. The summed E-state index contributed by atoms with van der Waals surface area (Å²) in [6, 6.07) is 14.3. The first-order chi connectivity index (χ1) is 14.1. The molecule has 0 aliphatic carbocycles. The highest BCUT2D eigenvalue weighted by molar-refractivity contribution is 6.06. The third kappa shape index (κ3) is 3.58. The normalized spacial score (nSPS) is 10.7. The number of carbonyl (C=O) groups is 1. The Labute approximate surface area is 167 Å². The van der Waals surface area contributed by atoms with Crippen molar-refractivity contribution >= 4 is 28.3 Å². The van der Waals surface area contributed by atoms with E-state index in [1.54, 1.807) is 50.9 Å². The molecule has 4 rings (SSSR count). The number of amides is 1. The van der Waals surface area contributed by atoms with E-state index in [0.717, 1.165) is 16.5 Å². The minimum absolute atomic E-state index is 0.157. The average molecular weight is 389 g/mol. The van der Waals surface area contributed by atoms with Crippen LogP contribution < -0.4 is 20.5 Å². The number of aromatic nitrogens is 1. The Bertz CT molecular complexity index is 1140. The zero-order chi connectivity index (χ0) is 20.4. The van der Waals surface area contributed by atoms with Gasteiger partial charge in [-0.3, -0.25) is 9.78 Å². The van der Waals surface area contributed by atoms with Crippen LogP contribution in [0, 0.1) is 0 Å². The molecule has 0 spiro atoms. The smallest absolute Gasteiger partial charge is 0.291 e. The molecule has 4 aromatic rings. The van der Waals surface area contributed by atoms with Crippen LogP contribution >= 0.6 is 0 Å². The van der Waals surface area contributed by atoms with Gasteiger partial charge in [0.05, 0.1) is 25.6 Å². The summed E-state index contributed by atoms with van der Waals surface area (Å²) >= 11 is 0. The van der Waals surface area contributed by atoms with E-state index in [0.29, 0.717) is 28.5 Å². The van der Waals surface area contributed by atoms with Crippen LogP contribution in [0.1, 0.15) is 10.6 Å². The van der Waals surface area contributed by atoms with Crippen LogP contribution in [0.2, 0.25) is 0 Å². The summed E-state index contributed by atoms with van der Waals surface area (Å²) < 4.78 is 16.3. The van der Waals surface area contributed by atoms with Crippen LogP contribution in [0.4, 0.5) is 11.4 Å². The van der Waals surface area contributed by atoms with E-state index in [9.17, 15) is 4.79 Å². The van der Waals surface area contributed by atoms with Crippen molar-refractivity contribution < 1.29 is 18.7 Å². The van der Waals surface area contributed by atoms with Gasteiger partial charge in [0.15, 0.2) is 17.3 Å². The van der Waals surface area contributed by atoms with Gasteiger partial charge in [0.2, 0.25) is 0 Å². The van der Waals surface area contributed by atoms with E-state index < -0.39 is 5.91 Å². The Morgan fingerprint density at radius 3 is 2.41 bits per heavy atom. The molecule has 29 heavy (non-hydrogen) atoms. The fourth-order valence-electron chi connectivity index (χ4n) is 3.05. The molecule has 1 amide bonds. The largest absolute Gasteiger partial charge is 0.493 e. The summed E-state index contributed by atoms with van der Waals surface area (Å²) in [5.41, 5.74) is 9.41. The number of pyridine rings is 1. The highest BCUT2D eigenvalue weighted by Crippen LogP contribution is 2.34. The van der Waals surface area contributed by atoms with Crippen molar-refractivity contribution in [2.45, 2.75) is 0 Å². The first-order valence-corrected chi connectivity index (χ1v) is 8.86. The molecule has 0 fully saturated rings. The number of benzene rings is 2. The van der Waals surface area contributed by atoms with Crippen molar-refractivity contribution in [3.05, 3.63) is 66.7 Å². The van der Waals surface area contributed by atoms with Crippen LogP contribution in [-0.2, 0) is 0 Å². The van der Waals surface area contributed by atoms with E-state index >= 15 is 0 Å². The fourth-order valence-corrected chi connectivity index (χ4v) is 3.05. The summed E-state index contributed by atoms with van der Waals surface area (Å²) in [7, 11) is 3.09. The number of ether oxygens (including phenoxy) is 2. The maximum atomic E-state index is 12.8. The van der Waals surface area contributed by atoms with E-state index in [1.807, 2.05) is 24.3 Å². The Morgan fingerprint density at radius 1 is 0.966 bits per heavy atom. The Morgan fingerprint density at radius 2 is 1.69 bits per heavy atom. The van der Waals surface area contributed by atoms with Gasteiger partial charge in [0, 0.05) is 23.8 Å². The van der Waals surface area contributed by atoms with E-state index in [2.05, 4.69) is 10.3 Å². The molecular formula is C22H19N3O4. The predicted molar refractivity (Wildman–Crippen MR) is 111 cm³/mol. The Hall–Kier alpha value is -4.00. The Balaban J connectivity index is 1.64.